The molecular weight excluding hydrogens is 372 g/mol. The second-order valence-corrected chi connectivity index (χ2v) is 8.85. The minimum atomic E-state index is -3.85. The zero-order valence-corrected chi connectivity index (χ0v) is 16.4. The summed E-state index contributed by atoms with van der Waals surface area (Å²) in [7, 11) is -3.85. The van der Waals surface area contributed by atoms with Crippen LogP contribution in [0.4, 0.5) is 5.69 Å². The highest BCUT2D eigenvalue weighted by Crippen LogP contribution is 2.28. The zero-order valence-electron chi connectivity index (χ0n) is 15.6. The summed E-state index contributed by atoms with van der Waals surface area (Å²) in [6, 6.07) is 3.82. The van der Waals surface area contributed by atoms with E-state index in [9.17, 15) is 23.3 Å². The molecule has 0 aromatic heterocycles. The lowest BCUT2D eigenvalue weighted by molar-refractivity contribution is -0.385. The summed E-state index contributed by atoms with van der Waals surface area (Å²) < 4.78 is 27.1. The number of benzene rings is 1. The number of sulfonamides is 1. The van der Waals surface area contributed by atoms with Crippen molar-refractivity contribution in [2.75, 3.05) is 19.6 Å². The van der Waals surface area contributed by atoms with Gasteiger partial charge in [0.25, 0.3) is 5.69 Å². The molecule has 3 N–H and O–H groups in total. The van der Waals surface area contributed by atoms with E-state index in [1.807, 2.05) is 6.92 Å². The Morgan fingerprint density at radius 1 is 1.41 bits per heavy atom. The number of rotatable bonds is 7. The molecular formula is C17H26N4O5S. The van der Waals surface area contributed by atoms with Crippen molar-refractivity contribution in [2.45, 2.75) is 44.0 Å². The first-order valence-corrected chi connectivity index (χ1v) is 10.4. The summed E-state index contributed by atoms with van der Waals surface area (Å²) in [5.41, 5.74) is 5.85. The monoisotopic (exact) mass is 398 g/mol. The lowest BCUT2D eigenvalue weighted by atomic mass is 9.97. The van der Waals surface area contributed by atoms with Crippen molar-refractivity contribution >= 4 is 21.6 Å². The van der Waals surface area contributed by atoms with Crippen molar-refractivity contribution in [2.24, 2.45) is 11.7 Å². The number of hydrogen-bond acceptors (Lipinski definition) is 6. The number of nitro groups is 1. The Labute approximate surface area is 159 Å². The molecule has 9 nitrogen and oxygen atoms in total. The first-order chi connectivity index (χ1) is 12.6. The average Bonchev–Trinajstić information content (AvgIpc) is 2.61. The van der Waals surface area contributed by atoms with E-state index >= 15 is 0 Å². The van der Waals surface area contributed by atoms with Gasteiger partial charge in [0.2, 0.25) is 15.9 Å². The molecule has 1 saturated heterocycles. The van der Waals surface area contributed by atoms with Gasteiger partial charge in [0.15, 0.2) is 0 Å². The third-order valence-electron chi connectivity index (χ3n) is 4.72. The van der Waals surface area contributed by atoms with Crippen molar-refractivity contribution in [3.63, 3.8) is 0 Å². The van der Waals surface area contributed by atoms with Crippen LogP contribution in [0, 0.1) is 23.0 Å². The van der Waals surface area contributed by atoms with E-state index in [0.717, 1.165) is 6.07 Å². The van der Waals surface area contributed by atoms with Crippen molar-refractivity contribution in [1.29, 1.82) is 0 Å². The molecule has 1 fully saturated rings. The van der Waals surface area contributed by atoms with E-state index in [4.69, 9.17) is 5.73 Å². The molecule has 0 bridgehead atoms. The molecule has 1 heterocycles. The van der Waals surface area contributed by atoms with E-state index in [1.165, 1.54) is 16.4 Å². The Hall–Kier alpha value is -2.04. The molecule has 1 amide bonds. The molecule has 0 spiro atoms. The summed E-state index contributed by atoms with van der Waals surface area (Å²) in [5.74, 6) is -0.324. The van der Waals surface area contributed by atoms with Crippen LogP contribution in [0.5, 0.6) is 0 Å². The van der Waals surface area contributed by atoms with Crippen LogP contribution in [0.1, 0.15) is 31.7 Å². The van der Waals surface area contributed by atoms with Gasteiger partial charge in [-0.3, -0.25) is 14.9 Å². The van der Waals surface area contributed by atoms with Crippen molar-refractivity contribution < 1.29 is 18.1 Å². The number of non-ortho nitro benzene ring substituents is 1. The quantitative estimate of drug-likeness (QED) is 0.522. The second-order valence-electron chi connectivity index (χ2n) is 6.94. The standard InChI is InChI=1S/C17H26N4O5S/c1-12-3-4-15(21(23)24)11-16(12)27(25,26)20-9-6-14(7-10-20)17(22)19-8-5-13(2)18/h3-4,11,13-14H,5-10,18H2,1-2H3,(H,19,22). The van der Waals surface area contributed by atoms with Crippen LogP contribution in [0.15, 0.2) is 23.1 Å². The normalized spacial score (nSPS) is 17.4. The highest BCUT2D eigenvalue weighted by atomic mass is 32.2. The third-order valence-corrected chi connectivity index (χ3v) is 6.76. The van der Waals surface area contributed by atoms with Crippen LogP contribution in [-0.2, 0) is 14.8 Å². The van der Waals surface area contributed by atoms with Gasteiger partial charge in [-0.15, -0.1) is 0 Å². The topological polar surface area (TPSA) is 136 Å². The van der Waals surface area contributed by atoms with Gasteiger partial charge in [-0.05, 0) is 38.7 Å². The number of carbonyl (C=O) groups excluding carboxylic acids is 1. The Bertz CT molecular complexity index is 802. The maximum atomic E-state index is 12.9. The number of hydrogen-bond donors (Lipinski definition) is 2. The molecule has 10 heteroatoms. The molecule has 0 radical (unpaired) electrons. The van der Waals surface area contributed by atoms with E-state index in [0.29, 0.717) is 31.4 Å². The van der Waals surface area contributed by atoms with Gasteiger partial charge in [-0.25, -0.2) is 8.42 Å². The number of nitrogens with one attached hydrogen (secondary N) is 1. The summed E-state index contributed by atoms with van der Waals surface area (Å²) in [6.07, 6.45) is 1.51. The smallest absolute Gasteiger partial charge is 0.270 e. The maximum absolute atomic E-state index is 12.9. The number of piperidine rings is 1. The molecule has 1 aromatic rings. The van der Waals surface area contributed by atoms with Gasteiger partial charge in [-0.1, -0.05) is 6.07 Å². The first kappa shape index (κ1) is 21.3. The maximum Gasteiger partial charge on any atom is 0.270 e. The summed E-state index contributed by atoms with van der Waals surface area (Å²) in [5, 5.41) is 13.8. The van der Waals surface area contributed by atoms with E-state index in [2.05, 4.69) is 5.32 Å². The lowest BCUT2D eigenvalue weighted by Gasteiger charge is -2.31. The molecule has 1 aliphatic heterocycles. The Balaban J connectivity index is 2.04. The fourth-order valence-electron chi connectivity index (χ4n) is 3.05. The minimum absolute atomic E-state index is 0.00968. The predicted octanol–water partition coefficient (Wildman–Crippen LogP) is 1.16. The summed E-state index contributed by atoms with van der Waals surface area (Å²) >= 11 is 0. The van der Waals surface area contributed by atoms with Crippen molar-refractivity contribution in [3.05, 3.63) is 33.9 Å². The van der Waals surface area contributed by atoms with Gasteiger partial charge in [0.05, 0.1) is 9.82 Å². The average molecular weight is 398 g/mol. The Morgan fingerprint density at radius 2 is 2.04 bits per heavy atom. The first-order valence-electron chi connectivity index (χ1n) is 8.91. The molecule has 27 heavy (non-hydrogen) atoms. The predicted molar refractivity (Wildman–Crippen MR) is 101 cm³/mol. The number of nitro benzene ring substituents is 1. The molecule has 0 aliphatic carbocycles. The molecule has 1 atom stereocenters. The summed E-state index contributed by atoms with van der Waals surface area (Å²) in [6.45, 7) is 4.38. The molecule has 1 aliphatic rings. The Morgan fingerprint density at radius 3 is 2.59 bits per heavy atom. The minimum Gasteiger partial charge on any atom is -0.356 e. The van der Waals surface area contributed by atoms with Crippen LogP contribution in [0.2, 0.25) is 0 Å². The van der Waals surface area contributed by atoms with Gasteiger partial charge in [-0.2, -0.15) is 4.31 Å². The van der Waals surface area contributed by atoms with Gasteiger partial charge < -0.3 is 11.1 Å². The van der Waals surface area contributed by atoms with Crippen LogP contribution in [-0.4, -0.2) is 49.2 Å². The van der Waals surface area contributed by atoms with Crippen LogP contribution in [0.25, 0.3) is 0 Å². The SMILES string of the molecule is Cc1ccc([N+](=O)[O-])cc1S(=O)(=O)N1CCC(C(=O)NCCC(C)N)CC1. The third kappa shape index (κ3) is 5.24. The van der Waals surface area contributed by atoms with Gasteiger partial charge in [0, 0.05) is 43.7 Å². The van der Waals surface area contributed by atoms with E-state index in [-0.39, 0.29) is 41.5 Å². The molecule has 1 unspecified atom stereocenters. The number of nitrogens with two attached hydrogens (primary N) is 1. The molecule has 0 saturated carbocycles. The zero-order chi connectivity index (χ0) is 20.2. The number of nitrogens with zero attached hydrogens (tertiary/aromatic N) is 2. The number of amides is 1. The van der Waals surface area contributed by atoms with Crippen molar-refractivity contribution in [3.8, 4) is 0 Å². The molecule has 150 valence electrons. The van der Waals surface area contributed by atoms with Crippen molar-refractivity contribution in [1.82, 2.24) is 9.62 Å². The number of carbonyl (C=O) groups is 1. The van der Waals surface area contributed by atoms with Gasteiger partial charge >= 0.3 is 0 Å². The van der Waals surface area contributed by atoms with Crippen LogP contribution >= 0.6 is 0 Å². The van der Waals surface area contributed by atoms with Gasteiger partial charge in [0.1, 0.15) is 0 Å². The lowest BCUT2D eigenvalue weighted by Crippen LogP contribution is -2.43. The number of aryl methyl sites for hydroxylation is 1. The molecule has 1 aromatic carbocycles. The second kappa shape index (κ2) is 8.77. The van der Waals surface area contributed by atoms with Crippen LogP contribution < -0.4 is 11.1 Å². The Kier molecular flexibility index (Phi) is 6.90. The van der Waals surface area contributed by atoms with Crippen LogP contribution in [0.3, 0.4) is 0 Å². The van der Waals surface area contributed by atoms with E-state index in [1.54, 1.807) is 6.92 Å². The fraction of sp³-hybridized carbons (Fsp3) is 0.588. The highest BCUT2D eigenvalue weighted by molar-refractivity contribution is 7.89. The molecule has 2 rings (SSSR count). The van der Waals surface area contributed by atoms with E-state index < -0.39 is 14.9 Å². The largest absolute Gasteiger partial charge is 0.356 e. The summed E-state index contributed by atoms with van der Waals surface area (Å²) in [4.78, 5) is 22.5. The fourth-order valence-corrected chi connectivity index (χ4v) is 4.76. The highest BCUT2D eigenvalue weighted by Gasteiger charge is 2.33.